The topological polar surface area (TPSA) is 64.6 Å². The Morgan fingerprint density at radius 2 is 1.78 bits per heavy atom. The fourth-order valence-corrected chi connectivity index (χ4v) is 3.50. The average Bonchev–Trinajstić information content (AvgIpc) is 2.68. The van der Waals surface area contributed by atoms with Crippen LogP contribution >= 0.6 is 0 Å². The summed E-state index contributed by atoms with van der Waals surface area (Å²) in [6, 6.07) is 0. The van der Waals surface area contributed by atoms with E-state index in [4.69, 9.17) is 9.47 Å². The van der Waals surface area contributed by atoms with Crippen LogP contribution in [-0.4, -0.2) is 37.7 Å². The number of rotatable bonds is 2. The van der Waals surface area contributed by atoms with Crippen LogP contribution in [0.1, 0.15) is 39.0 Å². The molecular formula is C13H21NO4. The Hall–Kier alpha value is -1.10. The van der Waals surface area contributed by atoms with Crippen LogP contribution in [0.15, 0.2) is 0 Å². The van der Waals surface area contributed by atoms with E-state index in [2.05, 4.69) is 5.32 Å². The number of carbonyl (C=O) groups is 2. The van der Waals surface area contributed by atoms with Crippen LogP contribution in [-0.2, 0) is 19.1 Å². The minimum atomic E-state index is -1.13. The number of ether oxygens (including phenoxy) is 2. The van der Waals surface area contributed by atoms with Gasteiger partial charge in [0.05, 0.1) is 7.11 Å². The summed E-state index contributed by atoms with van der Waals surface area (Å²) in [7, 11) is 1.35. The quantitative estimate of drug-likeness (QED) is 0.746. The SMILES string of the molecule is COC(=O)C1(OC(C)=O)CNCC12CCCCC2. The number of esters is 2. The molecular weight excluding hydrogens is 234 g/mol. The Morgan fingerprint density at radius 3 is 2.33 bits per heavy atom. The fraction of sp³-hybridized carbons (Fsp3) is 0.846. The minimum Gasteiger partial charge on any atom is -0.466 e. The van der Waals surface area contributed by atoms with E-state index in [9.17, 15) is 9.59 Å². The highest BCUT2D eigenvalue weighted by Gasteiger charge is 2.63. The number of hydrogen-bond acceptors (Lipinski definition) is 5. The Balaban J connectivity index is 2.36. The highest BCUT2D eigenvalue weighted by atomic mass is 16.6. The molecule has 5 heteroatoms. The standard InChI is InChI=1S/C13H21NO4/c1-10(15)18-13(11(16)17-2)9-14-8-12(13)6-4-3-5-7-12/h14H,3-9H2,1-2H3. The second-order valence-electron chi connectivity index (χ2n) is 5.36. The smallest absolute Gasteiger partial charge is 0.352 e. The summed E-state index contributed by atoms with van der Waals surface area (Å²) < 4.78 is 10.4. The highest BCUT2D eigenvalue weighted by molar-refractivity contribution is 5.85. The summed E-state index contributed by atoms with van der Waals surface area (Å²) in [5.41, 5.74) is -1.42. The van der Waals surface area contributed by atoms with Crippen LogP contribution in [0.4, 0.5) is 0 Å². The highest BCUT2D eigenvalue weighted by Crippen LogP contribution is 2.49. The van der Waals surface area contributed by atoms with E-state index in [0.717, 1.165) is 32.2 Å². The van der Waals surface area contributed by atoms with Gasteiger partial charge in [-0.1, -0.05) is 19.3 Å². The molecule has 0 radical (unpaired) electrons. The molecule has 2 fully saturated rings. The molecule has 1 aliphatic carbocycles. The Labute approximate surface area is 107 Å². The molecule has 0 aromatic heterocycles. The van der Waals surface area contributed by atoms with Crippen LogP contribution in [0.2, 0.25) is 0 Å². The Kier molecular flexibility index (Phi) is 3.61. The second-order valence-corrected chi connectivity index (χ2v) is 5.36. The molecule has 0 aromatic carbocycles. The van der Waals surface area contributed by atoms with Crippen molar-refractivity contribution < 1.29 is 19.1 Å². The van der Waals surface area contributed by atoms with Gasteiger partial charge in [-0.15, -0.1) is 0 Å². The maximum absolute atomic E-state index is 12.2. The molecule has 102 valence electrons. The molecule has 1 atom stereocenters. The molecule has 0 aromatic rings. The summed E-state index contributed by atoms with van der Waals surface area (Å²) in [6.45, 7) is 2.42. The van der Waals surface area contributed by atoms with Gasteiger partial charge in [0, 0.05) is 25.4 Å². The van der Waals surface area contributed by atoms with E-state index in [-0.39, 0.29) is 5.41 Å². The predicted octanol–water partition coefficient (Wildman–Crippen LogP) is 1.01. The molecule has 1 aliphatic heterocycles. The van der Waals surface area contributed by atoms with Crippen LogP contribution in [0.25, 0.3) is 0 Å². The fourth-order valence-electron chi connectivity index (χ4n) is 3.50. The zero-order chi connectivity index (χ0) is 13.2. The van der Waals surface area contributed by atoms with Gasteiger partial charge >= 0.3 is 11.9 Å². The van der Waals surface area contributed by atoms with Crippen molar-refractivity contribution in [2.24, 2.45) is 5.41 Å². The lowest BCUT2D eigenvalue weighted by molar-refractivity contribution is -0.193. The average molecular weight is 255 g/mol. The lowest BCUT2D eigenvalue weighted by atomic mass is 9.65. The van der Waals surface area contributed by atoms with Gasteiger partial charge < -0.3 is 14.8 Å². The molecule has 5 nitrogen and oxygen atoms in total. The first kappa shape index (κ1) is 13.3. The summed E-state index contributed by atoms with van der Waals surface area (Å²) in [6.07, 6.45) is 5.13. The number of methoxy groups -OCH3 is 1. The summed E-state index contributed by atoms with van der Waals surface area (Å²) in [5, 5.41) is 3.22. The second kappa shape index (κ2) is 4.88. The summed E-state index contributed by atoms with van der Waals surface area (Å²) in [5.74, 6) is -0.848. The molecule has 1 unspecified atom stereocenters. The van der Waals surface area contributed by atoms with Crippen molar-refractivity contribution in [3.63, 3.8) is 0 Å². The van der Waals surface area contributed by atoms with E-state index < -0.39 is 17.5 Å². The van der Waals surface area contributed by atoms with Crippen LogP contribution in [0, 0.1) is 5.41 Å². The van der Waals surface area contributed by atoms with Crippen LogP contribution in [0.5, 0.6) is 0 Å². The van der Waals surface area contributed by atoms with E-state index in [1.165, 1.54) is 20.5 Å². The lowest BCUT2D eigenvalue weighted by Gasteiger charge is -2.44. The van der Waals surface area contributed by atoms with Gasteiger partial charge in [-0.05, 0) is 12.8 Å². The van der Waals surface area contributed by atoms with Crippen molar-refractivity contribution in [1.29, 1.82) is 0 Å². The van der Waals surface area contributed by atoms with Gasteiger partial charge in [0.25, 0.3) is 0 Å². The van der Waals surface area contributed by atoms with Crippen molar-refractivity contribution in [2.45, 2.75) is 44.6 Å². The monoisotopic (exact) mass is 255 g/mol. The van der Waals surface area contributed by atoms with Crippen molar-refractivity contribution in [3.8, 4) is 0 Å². The third kappa shape index (κ3) is 1.90. The maximum atomic E-state index is 12.2. The van der Waals surface area contributed by atoms with Gasteiger partial charge in [0.2, 0.25) is 5.60 Å². The van der Waals surface area contributed by atoms with Gasteiger partial charge in [0.15, 0.2) is 0 Å². The largest absolute Gasteiger partial charge is 0.466 e. The lowest BCUT2D eigenvalue weighted by Crippen LogP contribution is -2.57. The maximum Gasteiger partial charge on any atom is 0.352 e. The Morgan fingerprint density at radius 1 is 1.11 bits per heavy atom. The van der Waals surface area contributed by atoms with E-state index in [0.29, 0.717) is 6.54 Å². The normalized spacial score (nSPS) is 30.1. The number of hydrogen-bond donors (Lipinski definition) is 1. The molecule has 1 saturated heterocycles. The third-order valence-electron chi connectivity index (χ3n) is 4.34. The van der Waals surface area contributed by atoms with Crippen molar-refractivity contribution in [1.82, 2.24) is 5.32 Å². The van der Waals surface area contributed by atoms with Gasteiger partial charge in [-0.2, -0.15) is 0 Å². The summed E-state index contributed by atoms with van der Waals surface area (Å²) in [4.78, 5) is 23.6. The van der Waals surface area contributed by atoms with E-state index >= 15 is 0 Å². The third-order valence-corrected chi connectivity index (χ3v) is 4.34. The van der Waals surface area contributed by atoms with Gasteiger partial charge in [-0.25, -0.2) is 4.79 Å². The molecule has 18 heavy (non-hydrogen) atoms. The zero-order valence-corrected chi connectivity index (χ0v) is 11.1. The molecule has 2 aliphatic rings. The van der Waals surface area contributed by atoms with Gasteiger partial charge in [0.1, 0.15) is 0 Å². The summed E-state index contributed by atoms with van der Waals surface area (Å²) >= 11 is 0. The van der Waals surface area contributed by atoms with Crippen molar-refractivity contribution >= 4 is 11.9 Å². The number of carbonyl (C=O) groups excluding carboxylic acids is 2. The minimum absolute atomic E-state index is 0.288. The number of nitrogens with one attached hydrogen (secondary N) is 1. The van der Waals surface area contributed by atoms with Crippen LogP contribution in [0.3, 0.4) is 0 Å². The zero-order valence-electron chi connectivity index (χ0n) is 11.1. The first-order valence-corrected chi connectivity index (χ1v) is 6.55. The van der Waals surface area contributed by atoms with Gasteiger partial charge in [-0.3, -0.25) is 4.79 Å². The van der Waals surface area contributed by atoms with Crippen LogP contribution < -0.4 is 5.32 Å². The first-order valence-electron chi connectivity index (χ1n) is 6.55. The van der Waals surface area contributed by atoms with Crippen molar-refractivity contribution in [3.05, 3.63) is 0 Å². The first-order chi connectivity index (χ1) is 8.56. The molecule has 1 heterocycles. The molecule has 1 spiro atoms. The molecule has 1 N–H and O–H groups in total. The van der Waals surface area contributed by atoms with E-state index in [1.54, 1.807) is 0 Å². The predicted molar refractivity (Wildman–Crippen MR) is 64.9 cm³/mol. The molecule has 1 saturated carbocycles. The van der Waals surface area contributed by atoms with E-state index in [1.807, 2.05) is 0 Å². The molecule has 0 amide bonds. The molecule has 0 bridgehead atoms. The van der Waals surface area contributed by atoms with Crippen molar-refractivity contribution in [2.75, 3.05) is 20.2 Å². The Bertz CT molecular complexity index is 349. The molecule has 2 rings (SSSR count).